The lowest BCUT2D eigenvalue weighted by Gasteiger charge is -2.18. The lowest BCUT2D eigenvalue weighted by molar-refractivity contribution is -0.142. The van der Waals surface area contributed by atoms with Crippen LogP contribution in [0.4, 0.5) is 0 Å². The lowest BCUT2D eigenvalue weighted by Crippen LogP contribution is -2.44. The number of ether oxygens (including phenoxy) is 4. The molecule has 7 heteroatoms. The Morgan fingerprint density at radius 2 is 1.88 bits per heavy atom. The maximum absolute atomic E-state index is 11.9. The van der Waals surface area contributed by atoms with Crippen LogP contribution in [0.5, 0.6) is 0 Å². The normalized spacial score (nSPS) is 27.7. The summed E-state index contributed by atoms with van der Waals surface area (Å²) in [7, 11) is 1.30. The highest BCUT2D eigenvalue weighted by atomic mass is 16.6. The minimum atomic E-state index is -0.401. The Morgan fingerprint density at radius 1 is 1.12 bits per heavy atom. The third-order valence-corrected chi connectivity index (χ3v) is 4.45. The minimum Gasteiger partial charge on any atom is -0.469 e. The molecule has 7 nitrogen and oxygen atoms in total. The van der Waals surface area contributed by atoms with Gasteiger partial charge in [-0.25, -0.2) is 0 Å². The van der Waals surface area contributed by atoms with Gasteiger partial charge < -0.3 is 24.3 Å². The molecule has 4 atom stereocenters. The molecule has 2 saturated heterocycles. The predicted molar refractivity (Wildman–Crippen MR) is 87.7 cm³/mol. The number of hydrogen-bond donors (Lipinski definition) is 1. The maximum atomic E-state index is 11.9. The molecule has 1 aromatic carbocycles. The summed E-state index contributed by atoms with van der Waals surface area (Å²) in [6.45, 7) is 1.32. The van der Waals surface area contributed by atoms with Crippen LogP contribution in [0.15, 0.2) is 30.3 Å². The number of fused-ring (bicyclic) bond motifs is 1. The first-order valence-corrected chi connectivity index (χ1v) is 8.42. The zero-order valence-electron chi connectivity index (χ0n) is 14.2. The Balaban J connectivity index is 1.45. The average Bonchev–Trinajstić information content (AvgIpc) is 3.22. The first-order chi connectivity index (χ1) is 12.2. The monoisotopic (exact) mass is 349 g/mol. The van der Waals surface area contributed by atoms with Gasteiger partial charge in [-0.05, 0) is 5.56 Å². The van der Waals surface area contributed by atoms with Gasteiger partial charge in [0.25, 0.3) is 0 Å². The number of carbonyl (C=O) groups excluding carboxylic acids is 2. The van der Waals surface area contributed by atoms with Gasteiger partial charge in [0.1, 0.15) is 18.3 Å². The van der Waals surface area contributed by atoms with Crippen molar-refractivity contribution in [2.45, 2.75) is 43.8 Å². The molecule has 0 bridgehead atoms. The molecule has 25 heavy (non-hydrogen) atoms. The van der Waals surface area contributed by atoms with E-state index in [4.69, 9.17) is 14.2 Å². The number of esters is 1. The molecule has 0 saturated carbocycles. The van der Waals surface area contributed by atoms with Crippen molar-refractivity contribution in [1.29, 1.82) is 0 Å². The van der Waals surface area contributed by atoms with Crippen molar-refractivity contribution in [3.05, 3.63) is 35.9 Å². The summed E-state index contributed by atoms with van der Waals surface area (Å²) < 4.78 is 22.0. The van der Waals surface area contributed by atoms with Crippen molar-refractivity contribution in [2.24, 2.45) is 0 Å². The van der Waals surface area contributed by atoms with Crippen LogP contribution in [0, 0.1) is 0 Å². The Hall–Kier alpha value is -1.96. The largest absolute Gasteiger partial charge is 0.469 e. The highest BCUT2D eigenvalue weighted by Crippen LogP contribution is 2.29. The second-order valence-corrected chi connectivity index (χ2v) is 6.18. The molecule has 0 spiro atoms. The molecular weight excluding hydrogens is 326 g/mol. The second kappa shape index (κ2) is 8.42. The number of amides is 1. The Kier molecular flexibility index (Phi) is 6.01. The summed E-state index contributed by atoms with van der Waals surface area (Å²) in [4.78, 5) is 23.0. The summed E-state index contributed by atoms with van der Waals surface area (Å²) in [5, 5.41) is 2.87. The van der Waals surface area contributed by atoms with E-state index in [0.29, 0.717) is 19.8 Å². The highest BCUT2D eigenvalue weighted by molar-refractivity contribution is 5.81. The van der Waals surface area contributed by atoms with Gasteiger partial charge >= 0.3 is 5.97 Å². The summed E-state index contributed by atoms with van der Waals surface area (Å²) in [5.41, 5.74) is 1.09. The molecule has 2 aliphatic heterocycles. The number of benzene rings is 1. The van der Waals surface area contributed by atoms with E-state index in [1.165, 1.54) is 7.11 Å². The zero-order chi connectivity index (χ0) is 17.6. The molecule has 2 fully saturated rings. The van der Waals surface area contributed by atoms with E-state index < -0.39 is 5.97 Å². The fourth-order valence-corrected chi connectivity index (χ4v) is 3.10. The third-order valence-electron chi connectivity index (χ3n) is 4.45. The second-order valence-electron chi connectivity index (χ2n) is 6.18. The molecule has 0 aliphatic carbocycles. The van der Waals surface area contributed by atoms with E-state index in [1.54, 1.807) is 0 Å². The minimum absolute atomic E-state index is 0.0632. The van der Waals surface area contributed by atoms with Gasteiger partial charge in [-0.2, -0.15) is 0 Å². The van der Waals surface area contributed by atoms with Crippen molar-refractivity contribution in [2.75, 3.05) is 20.3 Å². The smallest absolute Gasteiger partial charge is 0.306 e. The van der Waals surface area contributed by atoms with Crippen LogP contribution in [0.1, 0.15) is 18.4 Å². The van der Waals surface area contributed by atoms with Crippen molar-refractivity contribution in [3.8, 4) is 0 Å². The van der Waals surface area contributed by atoms with Gasteiger partial charge in [0.15, 0.2) is 0 Å². The molecule has 4 unspecified atom stereocenters. The molecule has 2 aliphatic rings. The van der Waals surface area contributed by atoms with Crippen LogP contribution in [-0.4, -0.2) is 56.6 Å². The van der Waals surface area contributed by atoms with E-state index in [1.807, 2.05) is 30.3 Å². The summed E-state index contributed by atoms with van der Waals surface area (Å²) in [5.74, 6) is -0.612. The third kappa shape index (κ3) is 4.56. The van der Waals surface area contributed by atoms with Crippen molar-refractivity contribution >= 4 is 11.9 Å². The topological polar surface area (TPSA) is 83.1 Å². The van der Waals surface area contributed by atoms with Gasteiger partial charge in [0.05, 0.1) is 39.4 Å². The number of nitrogens with one attached hydrogen (secondary N) is 1. The number of carbonyl (C=O) groups is 2. The van der Waals surface area contributed by atoms with E-state index >= 15 is 0 Å². The first-order valence-electron chi connectivity index (χ1n) is 8.42. The van der Waals surface area contributed by atoms with Crippen molar-refractivity contribution in [3.63, 3.8) is 0 Å². The van der Waals surface area contributed by atoms with Crippen molar-refractivity contribution in [1.82, 2.24) is 5.32 Å². The number of rotatable bonds is 7. The molecule has 136 valence electrons. The highest BCUT2D eigenvalue weighted by Gasteiger charge is 2.48. The molecule has 2 heterocycles. The Labute approximate surface area is 146 Å². The zero-order valence-corrected chi connectivity index (χ0v) is 14.2. The first kappa shape index (κ1) is 17.8. The molecule has 3 rings (SSSR count). The van der Waals surface area contributed by atoms with E-state index in [2.05, 4.69) is 10.1 Å². The van der Waals surface area contributed by atoms with E-state index in [-0.39, 0.29) is 43.1 Å². The van der Waals surface area contributed by atoms with Crippen LogP contribution in [-0.2, 0) is 35.1 Å². The summed E-state index contributed by atoms with van der Waals surface area (Å²) in [6.07, 6.45) is -0.401. The van der Waals surface area contributed by atoms with Gasteiger partial charge in [-0.3, -0.25) is 9.59 Å². The summed E-state index contributed by atoms with van der Waals surface area (Å²) >= 11 is 0. The molecule has 0 aromatic heterocycles. The van der Waals surface area contributed by atoms with Gasteiger partial charge in [-0.15, -0.1) is 0 Å². The Morgan fingerprint density at radius 3 is 2.64 bits per heavy atom. The van der Waals surface area contributed by atoms with Gasteiger partial charge in [-0.1, -0.05) is 30.3 Å². The fraction of sp³-hybridized carbons (Fsp3) is 0.556. The SMILES string of the molecule is COC(=O)CCC(=O)NC1COC2C(OCc3ccccc3)COC12. The Bertz CT molecular complexity index is 592. The molecular formula is C18H23NO6. The standard InChI is InChI=1S/C18H23NO6/c1-22-16(21)8-7-15(20)19-13-10-24-18-14(11-25-17(13)18)23-9-12-5-3-2-4-6-12/h2-6,13-14,17-18H,7-11H2,1H3,(H,19,20). The van der Waals surface area contributed by atoms with E-state index in [0.717, 1.165) is 5.56 Å². The van der Waals surface area contributed by atoms with Crippen LogP contribution in [0.2, 0.25) is 0 Å². The molecule has 0 radical (unpaired) electrons. The predicted octanol–water partition coefficient (Wildman–Crippen LogP) is 0.807. The summed E-state index contributed by atoms with van der Waals surface area (Å²) in [6, 6.07) is 9.70. The van der Waals surface area contributed by atoms with Crippen molar-refractivity contribution < 1.29 is 28.5 Å². The lowest BCUT2D eigenvalue weighted by atomic mass is 10.1. The quantitative estimate of drug-likeness (QED) is 0.734. The van der Waals surface area contributed by atoms with Gasteiger partial charge in [0.2, 0.25) is 5.91 Å². The maximum Gasteiger partial charge on any atom is 0.306 e. The number of methoxy groups -OCH3 is 1. The molecule has 1 N–H and O–H groups in total. The number of hydrogen-bond acceptors (Lipinski definition) is 6. The molecule has 1 aromatic rings. The van der Waals surface area contributed by atoms with Crippen LogP contribution in [0.3, 0.4) is 0 Å². The van der Waals surface area contributed by atoms with Crippen LogP contribution >= 0.6 is 0 Å². The van der Waals surface area contributed by atoms with Crippen LogP contribution < -0.4 is 5.32 Å². The van der Waals surface area contributed by atoms with Gasteiger partial charge in [0, 0.05) is 6.42 Å². The average molecular weight is 349 g/mol. The van der Waals surface area contributed by atoms with E-state index in [9.17, 15) is 9.59 Å². The fourth-order valence-electron chi connectivity index (χ4n) is 3.10. The van der Waals surface area contributed by atoms with Crippen LogP contribution in [0.25, 0.3) is 0 Å². The molecule has 1 amide bonds.